The largest absolute Gasteiger partial charge is 0.333 e. The topological polar surface area (TPSA) is 81.1 Å². The van der Waals surface area contributed by atoms with E-state index in [0.29, 0.717) is 5.56 Å². The second-order valence-electron chi connectivity index (χ2n) is 5.86. The van der Waals surface area contributed by atoms with Gasteiger partial charge in [-0.05, 0) is 30.7 Å². The fraction of sp³-hybridized carbons (Fsp3) is 0.111. The number of aromatic nitrogens is 2. The van der Waals surface area contributed by atoms with Crippen LogP contribution in [0.25, 0.3) is 11.4 Å². The molecule has 0 unspecified atom stereocenters. The third kappa shape index (κ3) is 3.72. The molecular weight excluding hydrogens is 393 g/mol. The Hall–Kier alpha value is -2.71. The molecule has 0 radical (unpaired) electrons. The Balaban J connectivity index is 1.95. The van der Waals surface area contributed by atoms with Gasteiger partial charge in [0.05, 0.1) is 15.5 Å². The molecule has 27 heavy (non-hydrogen) atoms. The second kappa shape index (κ2) is 7.13. The molecule has 0 aliphatic heterocycles. The van der Waals surface area contributed by atoms with Crippen LogP contribution in [0.4, 0.5) is 4.39 Å². The fourth-order valence-corrected chi connectivity index (χ4v) is 4.06. The van der Waals surface area contributed by atoms with Gasteiger partial charge in [-0.15, -0.1) is 0 Å². The van der Waals surface area contributed by atoms with Crippen molar-refractivity contribution in [1.82, 2.24) is 14.3 Å². The minimum absolute atomic E-state index is 0.00773. The number of benzene rings is 2. The normalized spacial score (nSPS) is 11.4. The Labute approximate surface area is 160 Å². The molecule has 6 nitrogen and oxygen atoms in total. The first-order chi connectivity index (χ1) is 12.7. The molecule has 0 saturated carbocycles. The summed E-state index contributed by atoms with van der Waals surface area (Å²) in [6, 6.07) is 10.4. The molecule has 0 fully saturated rings. The lowest BCUT2D eigenvalue weighted by molar-refractivity contribution is 0.0977. The highest BCUT2D eigenvalue weighted by Gasteiger charge is 2.24. The quantitative estimate of drug-likeness (QED) is 0.719. The molecule has 9 heteroatoms. The molecule has 0 aliphatic rings. The lowest BCUT2D eigenvalue weighted by atomic mass is 10.2. The highest BCUT2D eigenvalue weighted by Crippen LogP contribution is 2.29. The number of rotatable bonds is 4. The smallest absolute Gasteiger partial charge is 0.285 e. The van der Waals surface area contributed by atoms with E-state index < -0.39 is 21.7 Å². The molecule has 1 amide bonds. The Bertz CT molecular complexity index is 1120. The standard InChI is InChI=1S/C18H15ClFN3O3S/c1-11-6-3-4-9-15(11)27(25,26)22-18(24)14-10-23(2)17(21-14)16-12(19)7-5-8-13(16)20/h3-10H,1-2H3,(H,22,24). The molecule has 1 N–H and O–H groups in total. The third-order valence-corrected chi connectivity index (χ3v) is 5.71. The monoisotopic (exact) mass is 407 g/mol. The molecule has 1 aromatic heterocycles. The second-order valence-corrected chi connectivity index (χ2v) is 7.92. The minimum Gasteiger partial charge on any atom is -0.333 e. The van der Waals surface area contributed by atoms with Gasteiger partial charge in [0, 0.05) is 13.2 Å². The summed E-state index contributed by atoms with van der Waals surface area (Å²) in [5.41, 5.74) is 0.351. The number of nitrogens with one attached hydrogen (secondary N) is 1. The number of nitrogens with zero attached hydrogens (tertiary/aromatic N) is 2. The predicted octanol–water partition coefficient (Wildman–Crippen LogP) is 3.31. The van der Waals surface area contributed by atoms with E-state index in [4.69, 9.17) is 11.6 Å². The van der Waals surface area contributed by atoms with Crippen LogP contribution in [0.1, 0.15) is 16.1 Å². The van der Waals surface area contributed by atoms with E-state index in [1.54, 1.807) is 32.2 Å². The van der Waals surface area contributed by atoms with Crippen LogP contribution >= 0.6 is 11.6 Å². The number of sulfonamides is 1. The molecule has 1 heterocycles. The van der Waals surface area contributed by atoms with E-state index in [-0.39, 0.29) is 27.0 Å². The lowest BCUT2D eigenvalue weighted by Gasteiger charge is -2.07. The first-order valence-corrected chi connectivity index (χ1v) is 9.67. The van der Waals surface area contributed by atoms with Crippen LogP contribution in [-0.4, -0.2) is 23.9 Å². The fourth-order valence-electron chi connectivity index (χ4n) is 2.61. The van der Waals surface area contributed by atoms with Crippen LogP contribution in [0.5, 0.6) is 0 Å². The van der Waals surface area contributed by atoms with E-state index in [0.717, 1.165) is 0 Å². The number of hydrogen-bond acceptors (Lipinski definition) is 4. The van der Waals surface area contributed by atoms with Crippen LogP contribution < -0.4 is 4.72 Å². The lowest BCUT2D eigenvalue weighted by Crippen LogP contribution is -2.31. The highest BCUT2D eigenvalue weighted by atomic mass is 35.5. The highest BCUT2D eigenvalue weighted by molar-refractivity contribution is 7.90. The summed E-state index contributed by atoms with van der Waals surface area (Å²) in [5, 5.41) is 0.128. The number of halogens is 2. The van der Waals surface area contributed by atoms with Crippen molar-refractivity contribution in [3.63, 3.8) is 0 Å². The number of imidazole rings is 1. The number of hydrogen-bond donors (Lipinski definition) is 1. The summed E-state index contributed by atoms with van der Waals surface area (Å²) in [5.74, 6) is -1.42. The molecule has 3 aromatic rings. The van der Waals surface area contributed by atoms with Crippen LogP contribution in [0, 0.1) is 12.7 Å². The first-order valence-electron chi connectivity index (χ1n) is 7.81. The molecule has 0 bridgehead atoms. The molecule has 140 valence electrons. The maximum Gasteiger partial charge on any atom is 0.285 e. The van der Waals surface area contributed by atoms with Crippen molar-refractivity contribution in [2.75, 3.05) is 0 Å². The molecule has 0 aliphatic carbocycles. The Morgan fingerprint density at radius 3 is 2.56 bits per heavy atom. The van der Waals surface area contributed by atoms with Gasteiger partial charge in [0.25, 0.3) is 15.9 Å². The Morgan fingerprint density at radius 2 is 1.89 bits per heavy atom. The van der Waals surface area contributed by atoms with E-state index in [2.05, 4.69) is 4.98 Å². The first kappa shape index (κ1) is 19.1. The van der Waals surface area contributed by atoms with E-state index in [9.17, 15) is 17.6 Å². The average molecular weight is 408 g/mol. The van der Waals surface area contributed by atoms with Gasteiger partial charge in [-0.1, -0.05) is 35.9 Å². The van der Waals surface area contributed by atoms with Crippen molar-refractivity contribution in [2.45, 2.75) is 11.8 Å². The van der Waals surface area contributed by atoms with Crippen LogP contribution in [0.15, 0.2) is 53.6 Å². The SMILES string of the molecule is Cc1ccccc1S(=O)(=O)NC(=O)c1cn(C)c(-c2c(F)cccc2Cl)n1. The zero-order valence-electron chi connectivity index (χ0n) is 14.4. The van der Waals surface area contributed by atoms with Crippen LogP contribution in [0.2, 0.25) is 5.02 Å². The van der Waals surface area contributed by atoms with Gasteiger partial charge in [0.2, 0.25) is 0 Å². The summed E-state index contributed by atoms with van der Waals surface area (Å²) in [4.78, 5) is 16.5. The molecule has 0 saturated heterocycles. The van der Waals surface area contributed by atoms with Gasteiger partial charge in [0.1, 0.15) is 17.3 Å². The van der Waals surface area contributed by atoms with Gasteiger partial charge in [-0.3, -0.25) is 4.79 Å². The van der Waals surface area contributed by atoms with Crippen molar-refractivity contribution >= 4 is 27.5 Å². The summed E-state index contributed by atoms with van der Waals surface area (Å²) in [6.07, 6.45) is 1.31. The molecule has 2 aromatic carbocycles. The van der Waals surface area contributed by atoms with Gasteiger partial charge in [-0.2, -0.15) is 0 Å². The summed E-state index contributed by atoms with van der Waals surface area (Å²) in [7, 11) is -2.52. The maximum atomic E-state index is 14.1. The Morgan fingerprint density at radius 1 is 1.19 bits per heavy atom. The summed E-state index contributed by atoms with van der Waals surface area (Å²) >= 11 is 6.04. The van der Waals surface area contributed by atoms with Crippen molar-refractivity contribution in [3.8, 4) is 11.4 Å². The average Bonchev–Trinajstić information content (AvgIpc) is 2.96. The number of aryl methyl sites for hydroxylation is 2. The predicted molar refractivity (Wildman–Crippen MR) is 99.4 cm³/mol. The van der Waals surface area contributed by atoms with Gasteiger partial charge < -0.3 is 4.57 Å². The van der Waals surface area contributed by atoms with Gasteiger partial charge >= 0.3 is 0 Å². The zero-order chi connectivity index (χ0) is 19.8. The van der Waals surface area contributed by atoms with E-state index >= 15 is 0 Å². The van der Waals surface area contributed by atoms with Crippen LogP contribution in [-0.2, 0) is 17.1 Å². The van der Waals surface area contributed by atoms with Crippen LogP contribution in [0.3, 0.4) is 0 Å². The zero-order valence-corrected chi connectivity index (χ0v) is 16.0. The van der Waals surface area contributed by atoms with Crippen molar-refractivity contribution in [2.24, 2.45) is 7.05 Å². The number of amides is 1. The molecule has 0 atom stereocenters. The maximum absolute atomic E-state index is 14.1. The summed E-state index contributed by atoms with van der Waals surface area (Å²) in [6.45, 7) is 1.62. The van der Waals surface area contributed by atoms with Crippen molar-refractivity contribution in [3.05, 3.63) is 70.8 Å². The van der Waals surface area contributed by atoms with Gasteiger partial charge in [-0.25, -0.2) is 22.5 Å². The van der Waals surface area contributed by atoms with E-state index in [1.807, 2.05) is 4.72 Å². The minimum atomic E-state index is -4.07. The van der Waals surface area contributed by atoms with Crippen molar-refractivity contribution in [1.29, 1.82) is 0 Å². The molecule has 0 spiro atoms. The van der Waals surface area contributed by atoms with Gasteiger partial charge in [0.15, 0.2) is 0 Å². The molecule has 3 rings (SSSR count). The number of carbonyl (C=O) groups excluding carboxylic acids is 1. The van der Waals surface area contributed by atoms with Crippen molar-refractivity contribution < 1.29 is 17.6 Å². The Kier molecular flexibility index (Phi) is 5.03. The van der Waals surface area contributed by atoms with E-state index in [1.165, 1.54) is 35.0 Å². The summed E-state index contributed by atoms with van der Waals surface area (Å²) < 4.78 is 42.4. The third-order valence-electron chi connectivity index (χ3n) is 3.91. The number of carbonyl (C=O) groups is 1. The molecular formula is C18H15ClFN3O3S.